The van der Waals surface area contributed by atoms with E-state index in [1.807, 2.05) is 36.4 Å². The standard InChI is InChI=1S/C15H13BrClN3/c1-2-20-14-11(17)4-3-5-13(14)19-15(20)10-8-9(16)6-7-12(10)18/h3-8H,2,18H2,1H3. The second-order valence-electron chi connectivity index (χ2n) is 4.52. The van der Waals surface area contributed by atoms with Gasteiger partial charge in [0.1, 0.15) is 5.82 Å². The fourth-order valence-corrected chi connectivity index (χ4v) is 3.01. The van der Waals surface area contributed by atoms with E-state index in [0.717, 1.165) is 33.4 Å². The first-order chi connectivity index (χ1) is 9.61. The van der Waals surface area contributed by atoms with Crippen molar-refractivity contribution in [3.8, 4) is 11.4 Å². The molecule has 0 unspecified atom stereocenters. The topological polar surface area (TPSA) is 43.8 Å². The van der Waals surface area contributed by atoms with Crippen LogP contribution in [-0.4, -0.2) is 9.55 Å². The Bertz CT molecular complexity index is 795. The number of benzene rings is 2. The zero-order valence-corrected chi connectivity index (χ0v) is 13.2. The molecule has 3 aromatic rings. The Balaban J connectivity index is 2.36. The van der Waals surface area contributed by atoms with Gasteiger partial charge in [0.15, 0.2) is 0 Å². The third kappa shape index (κ3) is 2.09. The maximum Gasteiger partial charge on any atom is 0.143 e. The van der Waals surface area contributed by atoms with Gasteiger partial charge in [0.25, 0.3) is 0 Å². The summed E-state index contributed by atoms with van der Waals surface area (Å²) >= 11 is 9.79. The van der Waals surface area contributed by atoms with Gasteiger partial charge in [-0.05, 0) is 37.3 Å². The van der Waals surface area contributed by atoms with Crippen LogP contribution >= 0.6 is 27.5 Å². The lowest BCUT2D eigenvalue weighted by atomic mass is 10.1. The molecule has 0 fully saturated rings. The number of fused-ring (bicyclic) bond motifs is 1. The highest BCUT2D eigenvalue weighted by Gasteiger charge is 2.15. The number of para-hydroxylation sites is 1. The van der Waals surface area contributed by atoms with Crippen molar-refractivity contribution in [2.45, 2.75) is 13.5 Å². The first-order valence-electron chi connectivity index (χ1n) is 6.32. The quantitative estimate of drug-likeness (QED) is 0.680. The number of nitrogens with zero attached hydrogens (tertiary/aromatic N) is 2. The summed E-state index contributed by atoms with van der Waals surface area (Å²) < 4.78 is 3.07. The Labute approximate surface area is 130 Å². The summed E-state index contributed by atoms with van der Waals surface area (Å²) in [6.07, 6.45) is 0. The summed E-state index contributed by atoms with van der Waals surface area (Å²) in [7, 11) is 0. The Morgan fingerprint density at radius 3 is 2.85 bits per heavy atom. The highest BCUT2D eigenvalue weighted by molar-refractivity contribution is 9.10. The highest BCUT2D eigenvalue weighted by atomic mass is 79.9. The van der Waals surface area contributed by atoms with Crippen LogP contribution in [0.5, 0.6) is 0 Å². The smallest absolute Gasteiger partial charge is 0.143 e. The molecular formula is C15H13BrClN3. The lowest BCUT2D eigenvalue weighted by Crippen LogP contribution is -2.00. The zero-order valence-electron chi connectivity index (χ0n) is 10.9. The van der Waals surface area contributed by atoms with Gasteiger partial charge in [0.2, 0.25) is 0 Å². The molecule has 0 amide bonds. The van der Waals surface area contributed by atoms with E-state index < -0.39 is 0 Å². The van der Waals surface area contributed by atoms with Gasteiger partial charge in [-0.3, -0.25) is 0 Å². The molecule has 2 N–H and O–H groups in total. The molecule has 0 spiro atoms. The van der Waals surface area contributed by atoms with Gasteiger partial charge in [-0.2, -0.15) is 0 Å². The number of anilines is 1. The zero-order chi connectivity index (χ0) is 14.3. The molecule has 0 saturated carbocycles. The summed E-state index contributed by atoms with van der Waals surface area (Å²) in [5.41, 5.74) is 9.54. The van der Waals surface area contributed by atoms with Crippen LogP contribution in [0.4, 0.5) is 5.69 Å². The van der Waals surface area contributed by atoms with E-state index in [1.165, 1.54) is 0 Å². The van der Waals surface area contributed by atoms with Crippen LogP contribution < -0.4 is 5.73 Å². The SMILES string of the molecule is CCn1c(-c2cc(Br)ccc2N)nc2cccc(Cl)c21. The molecule has 0 saturated heterocycles. The van der Waals surface area contributed by atoms with Gasteiger partial charge < -0.3 is 10.3 Å². The molecule has 0 aliphatic rings. The third-order valence-corrected chi connectivity index (χ3v) is 4.09. The third-order valence-electron chi connectivity index (χ3n) is 3.29. The van der Waals surface area contributed by atoms with Crippen molar-refractivity contribution in [3.63, 3.8) is 0 Å². The molecule has 3 rings (SSSR count). The monoisotopic (exact) mass is 349 g/mol. The molecule has 0 radical (unpaired) electrons. The van der Waals surface area contributed by atoms with E-state index in [1.54, 1.807) is 0 Å². The Morgan fingerprint density at radius 1 is 1.30 bits per heavy atom. The normalized spacial score (nSPS) is 11.2. The van der Waals surface area contributed by atoms with E-state index in [0.29, 0.717) is 10.7 Å². The molecule has 0 aliphatic carbocycles. The molecular weight excluding hydrogens is 338 g/mol. The first kappa shape index (κ1) is 13.5. The van der Waals surface area contributed by atoms with Crippen molar-refractivity contribution in [2.24, 2.45) is 0 Å². The fraction of sp³-hybridized carbons (Fsp3) is 0.133. The van der Waals surface area contributed by atoms with Crippen LogP contribution in [0.2, 0.25) is 5.02 Å². The Hall–Kier alpha value is -1.52. The molecule has 20 heavy (non-hydrogen) atoms. The number of aryl methyl sites for hydroxylation is 1. The lowest BCUT2D eigenvalue weighted by Gasteiger charge is -2.09. The summed E-state index contributed by atoms with van der Waals surface area (Å²) in [6, 6.07) is 11.5. The lowest BCUT2D eigenvalue weighted by molar-refractivity contribution is 0.796. The van der Waals surface area contributed by atoms with Gasteiger partial charge in [0.05, 0.1) is 16.1 Å². The van der Waals surface area contributed by atoms with Crippen LogP contribution in [0.15, 0.2) is 40.9 Å². The average molecular weight is 351 g/mol. The average Bonchev–Trinajstić information content (AvgIpc) is 2.81. The van der Waals surface area contributed by atoms with E-state index in [-0.39, 0.29) is 0 Å². The highest BCUT2D eigenvalue weighted by Crippen LogP contribution is 2.33. The minimum absolute atomic E-state index is 0.703. The van der Waals surface area contributed by atoms with E-state index >= 15 is 0 Å². The van der Waals surface area contributed by atoms with Gasteiger partial charge in [-0.25, -0.2) is 4.98 Å². The van der Waals surface area contributed by atoms with Crippen molar-refractivity contribution in [3.05, 3.63) is 45.9 Å². The molecule has 0 bridgehead atoms. The molecule has 102 valence electrons. The minimum atomic E-state index is 0.703. The van der Waals surface area contributed by atoms with Crippen LogP contribution in [0, 0.1) is 0 Å². The van der Waals surface area contributed by atoms with E-state index in [4.69, 9.17) is 22.3 Å². The molecule has 1 aromatic heterocycles. The summed E-state index contributed by atoms with van der Waals surface area (Å²) in [6.45, 7) is 2.85. The van der Waals surface area contributed by atoms with Crippen molar-refractivity contribution < 1.29 is 0 Å². The number of rotatable bonds is 2. The summed E-state index contributed by atoms with van der Waals surface area (Å²) in [5.74, 6) is 0.842. The second kappa shape index (κ2) is 5.11. The van der Waals surface area contributed by atoms with Crippen LogP contribution in [0.1, 0.15) is 6.92 Å². The number of hydrogen-bond donors (Lipinski definition) is 1. The molecule has 3 nitrogen and oxygen atoms in total. The largest absolute Gasteiger partial charge is 0.398 e. The number of imidazole rings is 1. The van der Waals surface area contributed by atoms with Crippen molar-refractivity contribution in [2.75, 3.05) is 5.73 Å². The van der Waals surface area contributed by atoms with E-state index in [2.05, 4.69) is 27.4 Å². The van der Waals surface area contributed by atoms with E-state index in [9.17, 15) is 0 Å². The predicted molar refractivity (Wildman–Crippen MR) is 88.0 cm³/mol. The number of aromatic nitrogens is 2. The predicted octanol–water partition coefficient (Wildman–Crippen LogP) is 4.72. The van der Waals surface area contributed by atoms with Gasteiger partial charge in [-0.1, -0.05) is 33.6 Å². The Kier molecular flexibility index (Phi) is 3.44. The maximum absolute atomic E-state index is 6.31. The van der Waals surface area contributed by atoms with Crippen LogP contribution in [-0.2, 0) is 6.54 Å². The van der Waals surface area contributed by atoms with Crippen molar-refractivity contribution in [1.29, 1.82) is 0 Å². The van der Waals surface area contributed by atoms with Crippen LogP contribution in [0.3, 0.4) is 0 Å². The van der Waals surface area contributed by atoms with Gasteiger partial charge in [0, 0.05) is 22.3 Å². The van der Waals surface area contributed by atoms with Gasteiger partial charge in [-0.15, -0.1) is 0 Å². The maximum atomic E-state index is 6.31. The molecule has 1 heterocycles. The molecule has 2 aromatic carbocycles. The molecule has 5 heteroatoms. The number of halogens is 2. The fourth-order valence-electron chi connectivity index (χ4n) is 2.38. The van der Waals surface area contributed by atoms with Crippen molar-refractivity contribution in [1.82, 2.24) is 9.55 Å². The first-order valence-corrected chi connectivity index (χ1v) is 7.49. The van der Waals surface area contributed by atoms with Gasteiger partial charge >= 0.3 is 0 Å². The van der Waals surface area contributed by atoms with Crippen molar-refractivity contribution >= 4 is 44.3 Å². The molecule has 0 aliphatic heterocycles. The number of hydrogen-bond acceptors (Lipinski definition) is 2. The summed E-state index contributed by atoms with van der Waals surface area (Å²) in [4.78, 5) is 4.69. The molecule has 0 atom stereocenters. The second-order valence-corrected chi connectivity index (χ2v) is 5.84. The van der Waals surface area contributed by atoms with Crippen LogP contribution in [0.25, 0.3) is 22.4 Å². The number of nitrogen functional groups attached to an aromatic ring is 1. The number of nitrogens with two attached hydrogens (primary N) is 1. The Morgan fingerprint density at radius 2 is 2.10 bits per heavy atom. The minimum Gasteiger partial charge on any atom is -0.398 e. The summed E-state index contributed by atoms with van der Waals surface area (Å²) in [5, 5.41) is 0.705.